The maximum absolute atomic E-state index is 11.9. The van der Waals surface area contributed by atoms with Gasteiger partial charge in [0.05, 0.1) is 0 Å². The van der Waals surface area contributed by atoms with Gasteiger partial charge in [-0.15, -0.1) is 11.3 Å². The van der Waals surface area contributed by atoms with E-state index in [0.717, 1.165) is 5.56 Å². The number of amides is 2. The van der Waals surface area contributed by atoms with E-state index in [0.29, 0.717) is 16.5 Å². The fourth-order valence-electron chi connectivity index (χ4n) is 1.66. The number of aromatic nitrogens is 1. The molecule has 1 heterocycles. The maximum atomic E-state index is 11.9. The van der Waals surface area contributed by atoms with Crippen LogP contribution < -0.4 is 16.4 Å². The lowest BCUT2D eigenvalue weighted by Gasteiger charge is -2.09. The maximum Gasteiger partial charge on any atom is 0.275 e. The summed E-state index contributed by atoms with van der Waals surface area (Å²) in [6.45, 7) is 3.30. The van der Waals surface area contributed by atoms with Crippen LogP contribution in [-0.4, -0.2) is 16.8 Å². The molecule has 104 valence electrons. The predicted molar refractivity (Wildman–Crippen MR) is 80.0 cm³/mol. The molecule has 0 aliphatic carbocycles. The minimum atomic E-state index is -0.315. The molecule has 1 aromatic carbocycles. The van der Waals surface area contributed by atoms with Gasteiger partial charge in [0.1, 0.15) is 5.69 Å². The van der Waals surface area contributed by atoms with Crippen LogP contribution in [0.1, 0.15) is 23.0 Å². The average molecular weight is 290 g/mol. The van der Waals surface area contributed by atoms with E-state index in [4.69, 9.17) is 5.73 Å². The first-order valence-electron chi connectivity index (χ1n) is 5.86. The van der Waals surface area contributed by atoms with Gasteiger partial charge in [0.15, 0.2) is 5.13 Å². The van der Waals surface area contributed by atoms with Crippen molar-refractivity contribution in [1.29, 1.82) is 0 Å². The number of carbonyl (C=O) groups is 2. The van der Waals surface area contributed by atoms with Crippen molar-refractivity contribution in [1.82, 2.24) is 4.98 Å². The molecule has 0 saturated carbocycles. The Morgan fingerprint density at radius 1 is 1.30 bits per heavy atom. The van der Waals surface area contributed by atoms with Crippen LogP contribution in [0.2, 0.25) is 0 Å². The second kappa shape index (κ2) is 5.70. The summed E-state index contributed by atoms with van der Waals surface area (Å²) in [7, 11) is 0. The summed E-state index contributed by atoms with van der Waals surface area (Å²) < 4.78 is 0. The van der Waals surface area contributed by atoms with E-state index >= 15 is 0 Å². The van der Waals surface area contributed by atoms with Gasteiger partial charge in [-0.1, -0.05) is 0 Å². The molecule has 2 rings (SSSR count). The molecule has 0 aliphatic heterocycles. The molecule has 4 N–H and O–H groups in total. The number of nitrogens with zero attached hydrogens (tertiary/aromatic N) is 1. The van der Waals surface area contributed by atoms with Crippen molar-refractivity contribution in [3.63, 3.8) is 0 Å². The molecule has 0 spiro atoms. The van der Waals surface area contributed by atoms with Crippen molar-refractivity contribution in [2.24, 2.45) is 0 Å². The second-order valence-electron chi connectivity index (χ2n) is 4.24. The Morgan fingerprint density at radius 3 is 2.60 bits per heavy atom. The number of nitrogens with two attached hydrogens (primary N) is 1. The second-order valence-corrected chi connectivity index (χ2v) is 5.13. The highest BCUT2D eigenvalue weighted by molar-refractivity contribution is 7.13. The Balaban J connectivity index is 2.12. The van der Waals surface area contributed by atoms with Crippen molar-refractivity contribution >= 4 is 39.7 Å². The zero-order valence-electron chi connectivity index (χ0n) is 11.1. The molecule has 0 unspecified atom stereocenters. The highest BCUT2D eigenvalue weighted by Gasteiger charge is 2.10. The van der Waals surface area contributed by atoms with Crippen LogP contribution in [0.3, 0.4) is 0 Å². The van der Waals surface area contributed by atoms with Gasteiger partial charge >= 0.3 is 0 Å². The fourth-order valence-corrected chi connectivity index (χ4v) is 2.20. The first-order chi connectivity index (χ1) is 9.45. The molecular weight excluding hydrogens is 276 g/mol. The highest BCUT2D eigenvalue weighted by Crippen LogP contribution is 2.20. The van der Waals surface area contributed by atoms with E-state index < -0.39 is 0 Å². The Kier molecular flexibility index (Phi) is 3.99. The van der Waals surface area contributed by atoms with Crippen molar-refractivity contribution in [2.75, 3.05) is 16.4 Å². The summed E-state index contributed by atoms with van der Waals surface area (Å²) in [5.41, 5.74) is 7.98. The molecule has 0 bridgehead atoms. The number of rotatable bonds is 3. The molecule has 6 nitrogen and oxygen atoms in total. The number of hydrogen-bond acceptors (Lipinski definition) is 5. The largest absolute Gasteiger partial charge is 0.375 e. The van der Waals surface area contributed by atoms with Gasteiger partial charge in [-0.25, -0.2) is 4.98 Å². The molecule has 0 atom stereocenters. The Bertz CT molecular complexity index is 666. The van der Waals surface area contributed by atoms with Gasteiger partial charge in [-0.2, -0.15) is 0 Å². The third-order valence-electron chi connectivity index (χ3n) is 2.55. The fraction of sp³-hybridized carbons (Fsp3) is 0.154. The monoisotopic (exact) mass is 290 g/mol. The first-order valence-corrected chi connectivity index (χ1v) is 6.74. The normalized spacial score (nSPS) is 10.1. The summed E-state index contributed by atoms with van der Waals surface area (Å²) in [5, 5.41) is 7.39. The molecule has 0 aliphatic rings. The molecule has 2 aromatic rings. The first kappa shape index (κ1) is 14.0. The number of carbonyl (C=O) groups excluding carboxylic acids is 2. The van der Waals surface area contributed by atoms with Crippen LogP contribution in [-0.2, 0) is 4.79 Å². The Hall–Kier alpha value is -2.41. The van der Waals surface area contributed by atoms with Crippen LogP contribution in [0.15, 0.2) is 23.6 Å². The molecule has 0 fully saturated rings. The lowest BCUT2D eigenvalue weighted by Crippen LogP contribution is -2.13. The minimum absolute atomic E-state index is 0.136. The standard InChI is InChI=1S/C13H14N4O2S/c1-7-5-9(3-4-10(7)15-8(2)18)16-12(19)11-6-20-13(14)17-11/h3-6H,1-2H3,(H2,14,17)(H,15,18)(H,16,19). The third kappa shape index (κ3) is 3.33. The SMILES string of the molecule is CC(=O)Nc1ccc(NC(=O)c2csc(N)n2)cc1C. The van der Waals surface area contributed by atoms with Crippen LogP contribution in [0.5, 0.6) is 0 Å². The number of nitrogens with one attached hydrogen (secondary N) is 2. The third-order valence-corrected chi connectivity index (χ3v) is 3.22. The van der Waals surface area contributed by atoms with Gasteiger partial charge in [-0.05, 0) is 30.7 Å². The van der Waals surface area contributed by atoms with E-state index in [2.05, 4.69) is 15.6 Å². The lowest BCUT2D eigenvalue weighted by molar-refractivity contribution is -0.114. The molecule has 0 saturated heterocycles. The van der Waals surface area contributed by atoms with E-state index in [1.165, 1.54) is 18.3 Å². The molecular formula is C13H14N4O2S. The van der Waals surface area contributed by atoms with Gasteiger partial charge < -0.3 is 16.4 Å². The molecule has 7 heteroatoms. The molecule has 1 aromatic heterocycles. The van der Waals surface area contributed by atoms with Crippen molar-refractivity contribution in [2.45, 2.75) is 13.8 Å². The minimum Gasteiger partial charge on any atom is -0.375 e. The van der Waals surface area contributed by atoms with Gasteiger partial charge in [-0.3, -0.25) is 9.59 Å². The van der Waals surface area contributed by atoms with Crippen molar-refractivity contribution < 1.29 is 9.59 Å². The predicted octanol–water partition coefficient (Wildman–Crippen LogP) is 2.24. The number of thiazole rings is 1. The zero-order valence-corrected chi connectivity index (χ0v) is 11.9. The van der Waals surface area contributed by atoms with Gasteiger partial charge in [0.25, 0.3) is 5.91 Å². The zero-order chi connectivity index (χ0) is 14.7. The highest BCUT2D eigenvalue weighted by atomic mass is 32.1. The van der Waals surface area contributed by atoms with Crippen LogP contribution >= 0.6 is 11.3 Å². The Labute approximate surface area is 120 Å². The van der Waals surface area contributed by atoms with Crippen LogP contribution in [0.25, 0.3) is 0 Å². The van der Waals surface area contributed by atoms with Crippen LogP contribution in [0.4, 0.5) is 16.5 Å². The van der Waals surface area contributed by atoms with E-state index in [1.807, 2.05) is 6.92 Å². The lowest BCUT2D eigenvalue weighted by atomic mass is 10.1. The summed E-state index contributed by atoms with van der Waals surface area (Å²) in [6.07, 6.45) is 0. The summed E-state index contributed by atoms with van der Waals surface area (Å²) in [5.74, 6) is -0.451. The molecule has 0 radical (unpaired) electrons. The number of benzene rings is 1. The van der Waals surface area contributed by atoms with Gasteiger partial charge in [0.2, 0.25) is 5.91 Å². The smallest absolute Gasteiger partial charge is 0.275 e. The number of nitrogen functional groups attached to an aromatic ring is 1. The van der Waals surface area contributed by atoms with Crippen molar-refractivity contribution in [3.8, 4) is 0 Å². The molecule has 2 amide bonds. The summed E-state index contributed by atoms with van der Waals surface area (Å²) >= 11 is 1.21. The van der Waals surface area contributed by atoms with E-state index in [1.54, 1.807) is 23.6 Å². The van der Waals surface area contributed by atoms with Crippen LogP contribution in [0, 0.1) is 6.92 Å². The van der Waals surface area contributed by atoms with Gasteiger partial charge in [0, 0.05) is 23.7 Å². The average Bonchev–Trinajstić information content (AvgIpc) is 2.79. The number of hydrogen-bond donors (Lipinski definition) is 3. The van der Waals surface area contributed by atoms with Crippen molar-refractivity contribution in [3.05, 3.63) is 34.8 Å². The summed E-state index contributed by atoms with van der Waals surface area (Å²) in [4.78, 5) is 26.8. The Morgan fingerprint density at radius 2 is 2.05 bits per heavy atom. The number of anilines is 3. The topological polar surface area (TPSA) is 97.1 Å². The van der Waals surface area contributed by atoms with E-state index in [9.17, 15) is 9.59 Å². The summed E-state index contributed by atoms with van der Waals surface area (Å²) in [6, 6.07) is 5.23. The van der Waals surface area contributed by atoms with E-state index in [-0.39, 0.29) is 17.5 Å². The molecule has 20 heavy (non-hydrogen) atoms. The number of aryl methyl sites for hydroxylation is 1. The quantitative estimate of drug-likeness (QED) is 0.807.